The van der Waals surface area contributed by atoms with Crippen molar-refractivity contribution in [2.45, 2.75) is 18.9 Å². The number of rotatable bonds is 5. The molecule has 0 saturated carbocycles. The lowest BCUT2D eigenvalue weighted by molar-refractivity contribution is 0.127. The summed E-state index contributed by atoms with van der Waals surface area (Å²) in [6.45, 7) is 0.358. The van der Waals surface area contributed by atoms with Crippen molar-refractivity contribution >= 4 is 0 Å². The van der Waals surface area contributed by atoms with Crippen molar-refractivity contribution in [1.82, 2.24) is 10.1 Å². The highest BCUT2D eigenvalue weighted by Gasteiger charge is 2.15. The number of aromatic hydroxyl groups is 1. The Morgan fingerprint density at radius 2 is 2.00 bits per heavy atom. The predicted molar refractivity (Wildman–Crippen MR) is 63.8 cm³/mol. The van der Waals surface area contributed by atoms with Gasteiger partial charge < -0.3 is 20.5 Å². The van der Waals surface area contributed by atoms with Crippen LogP contribution in [0.2, 0.25) is 0 Å². The van der Waals surface area contributed by atoms with Gasteiger partial charge in [0.1, 0.15) is 11.9 Å². The Morgan fingerprint density at radius 3 is 2.67 bits per heavy atom. The number of aromatic nitrogens is 2. The summed E-state index contributed by atoms with van der Waals surface area (Å²) in [6, 6.07) is 6.75. The van der Waals surface area contributed by atoms with Crippen LogP contribution in [0, 0.1) is 0 Å². The third-order valence-electron chi connectivity index (χ3n) is 2.51. The molecule has 1 aromatic heterocycles. The molecule has 2 rings (SSSR count). The highest BCUT2D eigenvalue weighted by Crippen LogP contribution is 2.16. The van der Waals surface area contributed by atoms with Crippen LogP contribution in [0.25, 0.3) is 0 Å². The standard InChI is InChI=1S/C12H15N3O3/c13-6-5-10(17)12-14-11(15-18-12)7-8-1-3-9(16)4-2-8/h1-4,10,16-17H,5-7,13H2. The molecule has 0 bridgehead atoms. The first-order valence-electron chi connectivity index (χ1n) is 5.67. The molecule has 96 valence electrons. The number of benzene rings is 1. The molecule has 6 heteroatoms. The van der Waals surface area contributed by atoms with Gasteiger partial charge in [-0.1, -0.05) is 17.3 Å². The summed E-state index contributed by atoms with van der Waals surface area (Å²) in [5.74, 6) is 0.895. The lowest BCUT2D eigenvalue weighted by Crippen LogP contribution is -2.07. The number of phenolic OH excluding ortho intramolecular Hbond substituents is 1. The fraction of sp³-hybridized carbons (Fsp3) is 0.333. The van der Waals surface area contributed by atoms with Gasteiger partial charge in [-0.15, -0.1) is 0 Å². The summed E-state index contributed by atoms with van der Waals surface area (Å²) in [5, 5.41) is 22.6. The Kier molecular flexibility index (Phi) is 3.91. The molecule has 18 heavy (non-hydrogen) atoms. The van der Waals surface area contributed by atoms with Crippen LogP contribution in [0.1, 0.15) is 29.8 Å². The molecule has 0 saturated heterocycles. The van der Waals surface area contributed by atoms with Crippen LogP contribution < -0.4 is 5.73 Å². The number of nitrogens with two attached hydrogens (primary N) is 1. The average molecular weight is 249 g/mol. The van der Waals surface area contributed by atoms with Crippen LogP contribution >= 0.6 is 0 Å². The van der Waals surface area contributed by atoms with Gasteiger partial charge in [0.15, 0.2) is 5.82 Å². The van der Waals surface area contributed by atoms with Gasteiger partial charge in [-0.25, -0.2) is 0 Å². The zero-order chi connectivity index (χ0) is 13.0. The molecule has 1 atom stereocenters. The van der Waals surface area contributed by atoms with E-state index < -0.39 is 6.10 Å². The van der Waals surface area contributed by atoms with Crippen LogP contribution in [0.3, 0.4) is 0 Å². The Labute approximate surface area is 104 Å². The van der Waals surface area contributed by atoms with E-state index in [0.29, 0.717) is 25.2 Å². The largest absolute Gasteiger partial charge is 0.508 e. The lowest BCUT2D eigenvalue weighted by atomic mass is 10.1. The summed E-state index contributed by atoms with van der Waals surface area (Å²) in [7, 11) is 0. The highest BCUT2D eigenvalue weighted by atomic mass is 16.5. The molecule has 0 aliphatic carbocycles. The van der Waals surface area contributed by atoms with Crippen molar-refractivity contribution in [2.75, 3.05) is 6.54 Å². The summed E-state index contributed by atoms with van der Waals surface area (Å²) in [4.78, 5) is 4.10. The molecule has 0 aliphatic rings. The predicted octanol–water partition coefficient (Wildman–Crippen LogP) is 0.748. The average Bonchev–Trinajstić information content (AvgIpc) is 2.81. The molecular weight excluding hydrogens is 234 g/mol. The van der Waals surface area contributed by atoms with Crippen molar-refractivity contribution in [3.05, 3.63) is 41.5 Å². The number of nitrogens with zero attached hydrogens (tertiary/aromatic N) is 2. The molecule has 0 spiro atoms. The molecular formula is C12H15N3O3. The first-order valence-corrected chi connectivity index (χ1v) is 5.67. The third-order valence-corrected chi connectivity index (χ3v) is 2.51. The molecule has 1 heterocycles. The second kappa shape index (κ2) is 5.61. The zero-order valence-corrected chi connectivity index (χ0v) is 9.78. The summed E-state index contributed by atoms with van der Waals surface area (Å²) >= 11 is 0. The molecule has 1 unspecified atom stereocenters. The molecule has 0 fully saturated rings. The Hall–Kier alpha value is -1.92. The molecule has 4 N–H and O–H groups in total. The maximum absolute atomic E-state index is 9.63. The second-order valence-corrected chi connectivity index (χ2v) is 3.99. The Balaban J connectivity index is 2.04. The summed E-state index contributed by atoms with van der Waals surface area (Å²) in [5.41, 5.74) is 6.29. The van der Waals surface area contributed by atoms with Crippen LogP contribution in [-0.2, 0) is 6.42 Å². The molecule has 6 nitrogen and oxygen atoms in total. The fourth-order valence-electron chi connectivity index (χ4n) is 1.55. The number of aliphatic hydroxyl groups is 1. The molecule has 0 aliphatic heterocycles. The van der Waals surface area contributed by atoms with Gasteiger partial charge in [-0.05, 0) is 30.7 Å². The first kappa shape index (κ1) is 12.5. The van der Waals surface area contributed by atoms with Gasteiger partial charge in [-0.2, -0.15) is 4.98 Å². The van der Waals surface area contributed by atoms with E-state index in [0.717, 1.165) is 5.56 Å². The highest BCUT2D eigenvalue weighted by molar-refractivity contribution is 5.27. The van der Waals surface area contributed by atoms with E-state index in [9.17, 15) is 5.11 Å². The van der Waals surface area contributed by atoms with E-state index in [4.69, 9.17) is 15.4 Å². The van der Waals surface area contributed by atoms with E-state index in [-0.39, 0.29) is 11.6 Å². The lowest BCUT2D eigenvalue weighted by Gasteiger charge is -2.01. The van der Waals surface area contributed by atoms with Gasteiger partial charge in [-0.3, -0.25) is 0 Å². The van der Waals surface area contributed by atoms with Crippen molar-refractivity contribution in [2.24, 2.45) is 5.73 Å². The molecule has 1 aromatic carbocycles. The molecule has 2 aromatic rings. The quantitative estimate of drug-likeness (QED) is 0.722. The van der Waals surface area contributed by atoms with Crippen molar-refractivity contribution in [1.29, 1.82) is 0 Å². The van der Waals surface area contributed by atoms with Crippen LogP contribution in [-0.4, -0.2) is 26.9 Å². The monoisotopic (exact) mass is 249 g/mol. The normalized spacial score (nSPS) is 12.6. The number of aliphatic hydroxyl groups excluding tert-OH is 1. The van der Waals surface area contributed by atoms with E-state index in [1.807, 2.05) is 0 Å². The molecule has 0 radical (unpaired) electrons. The minimum absolute atomic E-state index is 0.189. The number of hydrogen-bond donors (Lipinski definition) is 3. The minimum Gasteiger partial charge on any atom is -0.508 e. The van der Waals surface area contributed by atoms with Gasteiger partial charge in [0, 0.05) is 6.42 Å². The van der Waals surface area contributed by atoms with E-state index in [2.05, 4.69) is 10.1 Å². The Bertz CT molecular complexity index is 496. The SMILES string of the molecule is NCCC(O)c1nc(Cc2ccc(O)cc2)no1. The Morgan fingerprint density at radius 1 is 1.28 bits per heavy atom. The van der Waals surface area contributed by atoms with Gasteiger partial charge in [0.25, 0.3) is 5.89 Å². The van der Waals surface area contributed by atoms with Crippen molar-refractivity contribution in [3.63, 3.8) is 0 Å². The van der Waals surface area contributed by atoms with E-state index in [1.165, 1.54) is 0 Å². The van der Waals surface area contributed by atoms with Gasteiger partial charge >= 0.3 is 0 Å². The smallest absolute Gasteiger partial charge is 0.255 e. The zero-order valence-electron chi connectivity index (χ0n) is 9.78. The van der Waals surface area contributed by atoms with E-state index >= 15 is 0 Å². The van der Waals surface area contributed by atoms with E-state index in [1.54, 1.807) is 24.3 Å². The van der Waals surface area contributed by atoms with Crippen LogP contribution in [0.5, 0.6) is 5.75 Å². The van der Waals surface area contributed by atoms with Crippen LogP contribution in [0.15, 0.2) is 28.8 Å². The van der Waals surface area contributed by atoms with Gasteiger partial charge in [0.2, 0.25) is 0 Å². The topological polar surface area (TPSA) is 105 Å². The summed E-state index contributed by atoms with van der Waals surface area (Å²) in [6.07, 6.45) is 0.0658. The fourth-order valence-corrected chi connectivity index (χ4v) is 1.55. The maximum Gasteiger partial charge on any atom is 0.255 e. The second-order valence-electron chi connectivity index (χ2n) is 3.99. The van der Waals surface area contributed by atoms with Crippen LogP contribution in [0.4, 0.5) is 0 Å². The minimum atomic E-state index is -0.809. The third kappa shape index (κ3) is 3.06. The first-order chi connectivity index (χ1) is 8.69. The number of hydrogen-bond acceptors (Lipinski definition) is 6. The van der Waals surface area contributed by atoms with Crippen molar-refractivity contribution in [3.8, 4) is 5.75 Å². The van der Waals surface area contributed by atoms with Crippen molar-refractivity contribution < 1.29 is 14.7 Å². The summed E-state index contributed by atoms with van der Waals surface area (Å²) < 4.78 is 4.96. The number of phenols is 1. The van der Waals surface area contributed by atoms with Gasteiger partial charge in [0.05, 0.1) is 0 Å². The maximum atomic E-state index is 9.63. The molecule has 0 amide bonds.